The average molecular weight is 242 g/mol. The van der Waals surface area contributed by atoms with Crippen molar-refractivity contribution < 1.29 is 9.53 Å². The van der Waals surface area contributed by atoms with Crippen LogP contribution < -0.4 is 0 Å². The predicted octanol–water partition coefficient (Wildman–Crippen LogP) is 4.28. The molecule has 0 aromatic carbocycles. The van der Waals surface area contributed by atoms with Gasteiger partial charge in [0.25, 0.3) is 0 Å². The molecule has 2 nitrogen and oxygen atoms in total. The van der Waals surface area contributed by atoms with Gasteiger partial charge in [0.05, 0.1) is 5.92 Å². The zero-order valence-electron chi connectivity index (χ0n) is 12.6. The Morgan fingerprint density at radius 2 is 1.29 bits per heavy atom. The molecule has 1 unspecified atom stereocenters. The molecular formula is C15H30O2. The minimum absolute atomic E-state index is 0.00294. The highest BCUT2D eigenvalue weighted by Crippen LogP contribution is 2.20. The minimum atomic E-state index is -0.0358. The second kappa shape index (κ2) is 7.73. The lowest BCUT2D eigenvalue weighted by Gasteiger charge is -2.24. The van der Waals surface area contributed by atoms with Crippen molar-refractivity contribution in [3.8, 4) is 0 Å². The highest BCUT2D eigenvalue weighted by atomic mass is 16.5. The van der Waals surface area contributed by atoms with Crippen molar-refractivity contribution in [2.24, 2.45) is 23.7 Å². The van der Waals surface area contributed by atoms with Gasteiger partial charge in [-0.15, -0.1) is 0 Å². The van der Waals surface area contributed by atoms with Gasteiger partial charge in [0.2, 0.25) is 0 Å². The monoisotopic (exact) mass is 242 g/mol. The van der Waals surface area contributed by atoms with E-state index in [0.717, 1.165) is 12.8 Å². The second-order valence-corrected chi connectivity index (χ2v) is 6.35. The Morgan fingerprint density at radius 3 is 1.59 bits per heavy atom. The zero-order chi connectivity index (χ0) is 13.6. The van der Waals surface area contributed by atoms with Gasteiger partial charge in [0.1, 0.15) is 6.10 Å². The van der Waals surface area contributed by atoms with Crippen LogP contribution in [0.5, 0.6) is 0 Å². The maximum absolute atomic E-state index is 11.9. The van der Waals surface area contributed by atoms with Crippen LogP contribution in [0.1, 0.15) is 61.3 Å². The third kappa shape index (κ3) is 7.40. The molecule has 0 aliphatic carbocycles. The number of hydrogen-bond donors (Lipinski definition) is 0. The summed E-state index contributed by atoms with van der Waals surface area (Å²) in [5.41, 5.74) is 0. The first kappa shape index (κ1) is 16.5. The van der Waals surface area contributed by atoms with E-state index >= 15 is 0 Å². The Bertz CT molecular complexity index is 209. The molecule has 0 radical (unpaired) electrons. The van der Waals surface area contributed by atoms with Crippen molar-refractivity contribution in [3.05, 3.63) is 0 Å². The summed E-state index contributed by atoms with van der Waals surface area (Å²) in [5, 5.41) is 0. The lowest BCUT2D eigenvalue weighted by Crippen LogP contribution is -2.27. The highest BCUT2D eigenvalue weighted by Gasteiger charge is 2.23. The Kier molecular flexibility index (Phi) is 7.49. The topological polar surface area (TPSA) is 26.3 Å². The highest BCUT2D eigenvalue weighted by molar-refractivity contribution is 5.72. The van der Waals surface area contributed by atoms with Gasteiger partial charge in [-0.1, -0.05) is 48.5 Å². The fourth-order valence-corrected chi connectivity index (χ4v) is 1.79. The normalized spacial score (nSPS) is 13.8. The first-order chi connectivity index (χ1) is 7.73. The van der Waals surface area contributed by atoms with Crippen LogP contribution in [-0.4, -0.2) is 12.1 Å². The number of ether oxygens (including phenoxy) is 1. The fraction of sp³-hybridized carbons (Fsp3) is 0.933. The van der Waals surface area contributed by atoms with E-state index < -0.39 is 0 Å². The van der Waals surface area contributed by atoms with Crippen molar-refractivity contribution in [1.82, 2.24) is 0 Å². The molecule has 0 bridgehead atoms. The maximum atomic E-state index is 11.9. The van der Waals surface area contributed by atoms with Crippen LogP contribution in [0.2, 0.25) is 0 Å². The summed E-state index contributed by atoms with van der Waals surface area (Å²) in [7, 11) is 0. The van der Waals surface area contributed by atoms with Crippen LogP contribution in [0.25, 0.3) is 0 Å². The van der Waals surface area contributed by atoms with Gasteiger partial charge in [0.15, 0.2) is 0 Å². The molecule has 0 fully saturated rings. The van der Waals surface area contributed by atoms with Gasteiger partial charge in [-0.25, -0.2) is 0 Å². The van der Waals surface area contributed by atoms with Gasteiger partial charge >= 0.3 is 5.97 Å². The number of hydrogen-bond acceptors (Lipinski definition) is 2. The number of carbonyl (C=O) groups excluding carboxylic acids is 1. The van der Waals surface area contributed by atoms with Crippen molar-refractivity contribution in [3.63, 3.8) is 0 Å². The third-order valence-corrected chi connectivity index (χ3v) is 3.12. The molecular weight excluding hydrogens is 212 g/mol. The molecule has 1 atom stereocenters. The Balaban J connectivity index is 4.36. The zero-order valence-corrected chi connectivity index (χ0v) is 12.6. The Hall–Kier alpha value is -0.530. The Morgan fingerprint density at radius 1 is 0.882 bits per heavy atom. The largest absolute Gasteiger partial charge is 0.462 e. The maximum Gasteiger partial charge on any atom is 0.309 e. The number of rotatable bonds is 7. The van der Waals surface area contributed by atoms with Gasteiger partial charge in [0, 0.05) is 0 Å². The Labute approximate surface area is 107 Å². The van der Waals surface area contributed by atoms with Crippen LogP contribution in [0, 0.1) is 23.7 Å². The van der Waals surface area contributed by atoms with E-state index in [1.807, 2.05) is 6.92 Å². The summed E-state index contributed by atoms with van der Waals surface area (Å²) in [6.07, 6.45) is 2.02. The molecule has 0 spiro atoms. The molecule has 0 N–H and O–H groups in total. The van der Waals surface area contributed by atoms with E-state index in [-0.39, 0.29) is 18.0 Å². The van der Waals surface area contributed by atoms with E-state index in [2.05, 4.69) is 41.5 Å². The van der Waals surface area contributed by atoms with Crippen LogP contribution in [-0.2, 0) is 9.53 Å². The average Bonchev–Trinajstić information content (AvgIpc) is 2.13. The quantitative estimate of drug-likeness (QED) is 0.623. The van der Waals surface area contributed by atoms with Crippen LogP contribution in [0.3, 0.4) is 0 Å². The molecule has 0 aromatic heterocycles. The third-order valence-electron chi connectivity index (χ3n) is 3.12. The SMILES string of the molecule is CC(C)CC(CC(C)C)OC(=O)C(C)C(C)C. The van der Waals surface area contributed by atoms with Crippen molar-refractivity contribution in [1.29, 1.82) is 0 Å². The number of esters is 1. The second-order valence-electron chi connectivity index (χ2n) is 6.35. The summed E-state index contributed by atoms with van der Waals surface area (Å²) < 4.78 is 5.66. The molecule has 2 heteroatoms. The first-order valence-corrected chi connectivity index (χ1v) is 6.94. The van der Waals surface area contributed by atoms with E-state index in [0.29, 0.717) is 17.8 Å². The lowest BCUT2D eigenvalue weighted by molar-refractivity contribution is -0.156. The van der Waals surface area contributed by atoms with Gasteiger partial charge in [-0.3, -0.25) is 4.79 Å². The van der Waals surface area contributed by atoms with Crippen LogP contribution in [0.4, 0.5) is 0 Å². The van der Waals surface area contributed by atoms with E-state index in [4.69, 9.17) is 4.74 Å². The smallest absolute Gasteiger partial charge is 0.309 e. The van der Waals surface area contributed by atoms with Gasteiger partial charge < -0.3 is 4.74 Å². The van der Waals surface area contributed by atoms with Crippen molar-refractivity contribution in [2.45, 2.75) is 67.4 Å². The molecule has 102 valence electrons. The molecule has 17 heavy (non-hydrogen) atoms. The summed E-state index contributed by atoms with van der Waals surface area (Å²) in [5.74, 6) is 1.45. The van der Waals surface area contributed by atoms with E-state index in [1.165, 1.54) is 0 Å². The van der Waals surface area contributed by atoms with Crippen LogP contribution >= 0.6 is 0 Å². The standard InChI is InChI=1S/C15H30O2/c1-10(2)8-14(9-11(3)4)17-15(16)13(7)12(5)6/h10-14H,8-9H2,1-7H3. The fourth-order valence-electron chi connectivity index (χ4n) is 1.79. The first-order valence-electron chi connectivity index (χ1n) is 6.94. The molecule has 0 aliphatic rings. The molecule has 0 saturated heterocycles. The summed E-state index contributed by atoms with van der Waals surface area (Å²) in [6, 6.07) is 0. The number of carbonyl (C=O) groups is 1. The summed E-state index contributed by atoms with van der Waals surface area (Å²) in [6.45, 7) is 14.8. The lowest BCUT2D eigenvalue weighted by atomic mass is 9.96. The molecule has 0 aliphatic heterocycles. The van der Waals surface area contributed by atoms with E-state index in [1.54, 1.807) is 0 Å². The van der Waals surface area contributed by atoms with Gasteiger partial charge in [-0.05, 0) is 30.6 Å². The molecule has 0 amide bonds. The van der Waals surface area contributed by atoms with Crippen molar-refractivity contribution >= 4 is 5.97 Å². The van der Waals surface area contributed by atoms with Crippen LogP contribution in [0.15, 0.2) is 0 Å². The molecule has 0 heterocycles. The predicted molar refractivity (Wildman–Crippen MR) is 72.8 cm³/mol. The molecule has 0 rings (SSSR count). The molecule has 0 saturated carbocycles. The summed E-state index contributed by atoms with van der Waals surface area (Å²) >= 11 is 0. The molecule has 0 aromatic rings. The van der Waals surface area contributed by atoms with Gasteiger partial charge in [-0.2, -0.15) is 0 Å². The van der Waals surface area contributed by atoms with E-state index in [9.17, 15) is 4.79 Å². The van der Waals surface area contributed by atoms with Crippen molar-refractivity contribution in [2.75, 3.05) is 0 Å². The summed E-state index contributed by atoms with van der Waals surface area (Å²) in [4.78, 5) is 11.9. The minimum Gasteiger partial charge on any atom is -0.462 e.